The molecule has 2 aliphatic rings. The molecule has 7 heteroatoms. The molecule has 2 atom stereocenters. The van der Waals surface area contributed by atoms with Crippen LogP contribution in [0, 0.1) is 11.8 Å². The van der Waals surface area contributed by atoms with Crippen LogP contribution in [0.1, 0.15) is 30.0 Å². The number of aromatic nitrogens is 2. The highest BCUT2D eigenvalue weighted by Gasteiger charge is 2.35. The van der Waals surface area contributed by atoms with Crippen LogP contribution in [0.3, 0.4) is 0 Å². The average molecular weight is 334 g/mol. The van der Waals surface area contributed by atoms with Crippen molar-refractivity contribution in [1.82, 2.24) is 19.8 Å². The SMILES string of the molecule is CC(C)Cc1cc(C(=O)N2C[C@H]3COC[C@@H]2CN(C)C3)nc(=O)[nH]1. The lowest BCUT2D eigenvalue weighted by Crippen LogP contribution is -2.46. The number of amides is 1. The zero-order chi connectivity index (χ0) is 17.3. The van der Waals surface area contributed by atoms with Crippen LogP contribution in [-0.2, 0) is 11.2 Å². The molecule has 0 aliphatic carbocycles. The van der Waals surface area contributed by atoms with Gasteiger partial charge in [-0.15, -0.1) is 0 Å². The van der Waals surface area contributed by atoms with E-state index in [9.17, 15) is 9.59 Å². The standard InChI is InChI=1S/C17H26N4O3/c1-11(2)4-13-5-15(19-17(23)18-13)16(22)21-7-12-6-20(3)8-14(21)10-24-9-12/h5,11-12,14H,4,6-10H2,1-3H3,(H,18,19,23)/t12-,14-/m0/s1. The number of likely N-dealkylation sites (N-methyl/N-ethyl adjacent to an activating group) is 1. The Labute approximate surface area is 142 Å². The third kappa shape index (κ3) is 3.84. The van der Waals surface area contributed by atoms with Crippen LogP contribution in [0.2, 0.25) is 0 Å². The summed E-state index contributed by atoms with van der Waals surface area (Å²) in [6, 6.07) is 1.73. The summed E-state index contributed by atoms with van der Waals surface area (Å²) in [6.07, 6.45) is 0.718. The topological polar surface area (TPSA) is 78.5 Å². The van der Waals surface area contributed by atoms with Gasteiger partial charge in [0.25, 0.3) is 5.91 Å². The lowest BCUT2D eigenvalue weighted by molar-refractivity contribution is 0.0480. The average Bonchev–Trinajstić information content (AvgIpc) is 2.75. The summed E-state index contributed by atoms with van der Waals surface area (Å²) in [5.41, 5.74) is 0.548. The smallest absolute Gasteiger partial charge is 0.345 e. The molecule has 1 amide bonds. The van der Waals surface area contributed by atoms with Crippen molar-refractivity contribution in [3.8, 4) is 0 Å². The predicted octanol–water partition coefficient (Wildman–Crippen LogP) is 0.371. The number of nitrogens with one attached hydrogen (secondary N) is 1. The number of fused-ring (bicyclic) bond motifs is 3. The van der Waals surface area contributed by atoms with Gasteiger partial charge in [-0.25, -0.2) is 4.79 Å². The maximum absolute atomic E-state index is 13.0. The Morgan fingerprint density at radius 1 is 1.38 bits per heavy atom. The first kappa shape index (κ1) is 17.1. The molecule has 132 valence electrons. The van der Waals surface area contributed by atoms with Gasteiger partial charge in [0.2, 0.25) is 0 Å². The van der Waals surface area contributed by atoms with Crippen molar-refractivity contribution in [3.63, 3.8) is 0 Å². The van der Waals surface area contributed by atoms with E-state index in [1.54, 1.807) is 6.07 Å². The minimum atomic E-state index is -0.456. The van der Waals surface area contributed by atoms with Crippen molar-refractivity contribution in [3.05, 3.63) is 27.9 Å². The van der Waals surface area contributed by atoms with E-state index >= 15 is 0 Å². The van der Waals surface area contributed by atoms with Crippen molar-refractivity contribution >= 4 is 5.91 Å². The number of carbonyl (C=O) groups is 1. The molecule has 2 saturated heterocycles. The molecule has 2 fully saturated rings. The van der Waals surface area contributed by atoms with Crippen LogP contribution in [0.15, 0.2) is 10.9 Å². The van der Waals surface area contributed by atoms with E-state index in [0.717, 1.165) is 25.2 Å². The van der Waals surface area contributed by atoms with Gasteiger partial charge in [0.15, 0.2) is 0 Å². The van der Waals surface area contributed by atoms with E-state index < -0.39 is 5.69 Å². The summed E-state index contributed by atoms with van der Waals surface area (Å²) in [5, 5.41) is 0. The fourth-order valence-corrected chi connectivity index (χ4v) is 3.64. The second-order valence-corrected chi connectivity index (χ2v) is 7.43. The van der Waals surface area contributed by atoms with Crippen LogP contribution in [-0.4, -0.2) is 71.6 Å². The Morgan fingerprint density at radius 2 is 2.17 bits per heavy atom. The fraction of sp³-hybridized carbons (Fsp3) is 0.706. The Bertz CT molecular complexity index is 657. The van der Waals surface area contributed by atoms with Crippen LogP contribution in [0.25, 0.3) is 0 Å². The summed E-state index contributed by atoms with van der Waals surface area (Å²) in [4.78, 5) is 35.6. The Balaban J connectivity index is 1.88. The van der Waals surface area contributed by atoms with Gasteiger partial charge in [0.05, 0.1) is 19.3 Å². The third-order valence-electron chi connectivity index (χ3n) is 4.56. The van der Waals surface area contributed by atoms with Crippen molar-refractivity contribution < 1.29 is 9.53 Å². The molecule has 0 aromatic carbocycles. The zero-order valence-corrected chi connectivity index (χ0v) is 14.6. The number of H-pyrrole nitrogens is 1. The van der Waals surface area contributed by atoms with E-state index in [-0.39, 0.29) is 17.6 Å². The lowest BCUT2D eigenvalue weighted by Gasteiger charge is -2.29. The molecule has 2 aliphatic heterocycles. The summed E-state index contributed by atoms with van der Waals surface area (Å²) < 4.78 is 5.72. The summed E-state index contributed by atoms with van der Waals surface area (Å²) in [5.74, 6) is 0.524. The molecule has 1 aromatic rings. The number of hydrogen-bond acceptors (Lipinski definition) is 5. The van der Waals surface area contributed by atoms with Crippen molar-refractivity contribution in [2.75, 3.05) is 39.9 Å². The molecule has 0 saturated carbocycles. The highest BCUT2D eigenvalue weighted by Crippen LogP contribution is 2.20. The van der Waals surface area contributed by atoms with E-state index in [2.05, 4.69) is 35.8 Å². The Kier molecular flexibility index (Phi) is 5.01. The van der Waals surface area contributed by atoms with Crippen molar-refractivity contribution in [2.24, 2.45) is 11.8 Å². The second kappa shape index (κ2) is 7.03. The zero-order valence-electron chi connectivity index (χ0n) is 14.6. The molecule has 3 heterocycles. The third-order valence-corrected chi connectivity index (χ3v) is 4.56. The highest BCUT2D eigenvalue weighted by molar-refractivity contribution is 5.92. The number of ether oxygens (including phenoxy) is 1. The van der Waals surface area contributed by atoms with Crippen LogP contribution >= 0.6 is 0 Å². The Hall–Kier alpha value is -1.73. The van der Waals surface area contributed by atoms with Gasteiger partial charge in [0.1, 0.15) is 5.69 Å². The molecule has 1 aromatic heterocycles. The second-order valence-electron chi connectivity index (χ2n) is 7.43. The minimum Gasteiger partial charge on any atom is -0.379 e. The molecule has 24 heavy (non-hydrogen) atoms. The number of nitrogens with zero attached hydrogens (tertiary/aromatic N) is 3. The summed E-state index contributed by atoms with van der Waals surface area (Å²) >= 11 is 0. The number of aromatic amines is 1. The highest BCUT2D eigenvalue weighted by atomic mass is 16.5. The summed E-state index contributed by atoms with van der Waals surface area (Å²) in [7, 11) is 2.07. The first-order chi connectivity index (χ1) is 11.4. The van der Waals surface area contributed by atoms with Gasteiger partial charge >= 0.3 is 5.69 Å². The van der Waals surface area contributed by atoms with Gasteiger partial charge in [-0.3, -0.25) is 4.79 Å². The first-order valence-corrected chi connectivity index (χ1v) is 8.60. The molecule has 1 N–H and O–H groups in total. The quantitative estimate of drug-likeness (QED) is 0.864. The minimum absolute atomic E-state index is 0.00429. The first-order valence-electron chi connectivity index (χ1n) is 8.60. The van der Waals surface area contributed by atoms with Crippen LogP contribution in [0.5, 0.6) is 0 Å². The van der Waals surface area contributed by atoms with Gasteiger partial charge in [-0.1, -0.05) is 13.8 Å². The fourth-order valence-electron chi connectivity index (χ4n) is 3.64. The van der Waals surface area contributed by atoms with E-state index in [0.29, 0.717) is 31.6 Å². The van der Waals surface area contributed by atoms with Crippen molar-refractivity contribution in [2.45, 2.75) is 26.3 Å². The van der Waals surface area contributed by atoms with E-state index in [1.165, 1.54) is 0 Å². The molecule has 0 radical (unpaired) electrons. The van der Waals surface area contributed by atoms with E-state index in [4.69, 9.17) is 4.74 Å². The van der Waals surface area contributed by atoms with Crippen molar-refractivity contribution in [1.29, 1.82) is 0 Å². The van der Waals surface area contributed by atoms with Crippen LogP contribution < -0.4 is 5.69 Å². The van der Waals surface area contributed by atoms with E-state index in [1.807, 2.05) is 4.90 Å². The van der Waals surface area contributed by atoms with Gasteiger partial charge in [-0.2, -0.15) is 4.98 Å². The molecular formula is C17H26N4O3. The van der Waals surface area contributed by atoms with Gasteiger partial charge in [0, 0.05) is 31.2 Å². The van der Waals surface area contributed by atoms with Gasteiger partial charge < -0.3 is 19.5 Å². The number of rotatable bonds is 3. The maximum Gasteiger partial charge on any atom is 0.345 e. The molecule has 2 bridgehead atoms. The molecular weight excluding hydrogens is 308 g/mol. The normalized spacial score (nSPS) is 24.9. The molecule has 0 unspecified atom stereocenters. The molecule has 0 spiro atoms. The maximum atomic E-state index is 13.0. The monoisotopic (exact) mass is 334 g/mol. The number of hydrogen-bond donors (Lipinski definition) is 1. The molecule has 7 nitrogen and oxygen atoms in total. The molecule has 3 rings (SSSR count). The summed E-state index contributed by atoms with van der Waals surface area (Å²) in [6.45, 7) is 7.71. The van der Waals surface area contributed by atoms with Crippen LogP contribution in [0.4, 0.5) is 0 Å². The predicted molar refractivity (Wildman–Crippen MR) is 90.0 cm³/mol. The Morgan fingerprint density at radius 3 is 2.92 bits per heavy atom. The lowest BCUT2D eigenvalue weighted by atomic mass is 10.1. The largest absolute Gasteiger partial charge is 0.379 e. The number of carbonyl (C=O) groups excluding carboxylic acids is 1. The van der Waals surface area contributed by atoms with Gasteiger partial charge in [-0.05, 0) is 25.5 Å².